The van der Waals surface area contributed by atoms with Crippen molar-refractivity contribution < 1.29 is 4.74 Å². The third-order valence-electron chi connectivity index (χ3n) is 5.12. The monoisotopic (exact) mass is 339 g/mol. The Morgan fingerprint density at radius 2 is 1.80 bits per heavy atom. The summed E-state index contributed by atoms with van der Waals surface area (Å²) in [5.41, 5.74) is 2.29. The molecule has 6 heteroatoms. The van der Waals surface area contributed by atoms with Gasteiger partial charge in [0, 0.05) is 37.5 Å². The smallest absolute Gasteiger partial charge is 0.233 e. The molecule has 0 radical (unpaired) electrons. The van der Waals surface area contributed by atoms with Gasteiger partial charge in [0.1, 0.15) is 0 Å². The number of aromatic nitrogens is 4. The number of rotatable bonds is 6. The first-order valence-corrected chi connectivity index (χ1v) is 9.34. The van der Waals surface area contributed by atoms with Crippen molar-refractivity contribution in [3.8, 4) is 5.88 Å². The van der Waals surface area contributed by atoms with Crippen LogP contribution in [0.1, 0.15) is 49.8 Å². The molecule has 132 valence electrons. The average molecular weight is 339 g/mol. The van der Waals surface area contributed by atoms with Crippen molar-refractivity contribution >= 4 is 5.95 Å². The van der Waals surface area contributed by atoms with Crippen molar-refractivity contribution in [1.29, 1.82) is 0 Å². The SMILES string of the molecule is CCc1cnc(N2CCC(COc3ccc(C4CC4)nn3)CC2)nc1. The second-order valence-electron chi connectivity index (χ2n) is 7.06. The van der Waals surface area contributed by atoms with Crippen molar-refractivity contribution in [3.05, 3.63) is 35.8 Å². The zero-order valence-corrected chi connectivity index (χ0v) is 14.8. The molecule has 0 N–H and O–H groups in total. The average Bonchev–Trinajstić information content (AvgIpc) is 3.53. The van der Waals surface area contributed by atoms with Crippen LogP contribution in [0.2, 0.25) is 0 Å². The van der Waals surface area contributed by atoms with Crippen LogP contribution < -0.4 is 9.64 Å². The fourth-order valence-corrected chi connectivity index (χ4v) is 3.20. The van der Waals surface area contributed by atoms with Crippen molar-refractivity contribution in [3.63, 3.8) is 0 Å². The summed E-state index contributed by atoms with van der Waals surface area (Å²) in [5.74, 6) is 2.68. The normalized spacial score (nSPS) is 18.4. The van der Waals surface area contributed by atoms with E-state index >= 15 is 0 Å². The molecule has 2 aromatic rings. The highest BCUT2D eigenvalue weighted by molar-refractivity contribution is 5.30. The zero-order chi connectivity index (χ0) is 17.1. The van der Waals surface area contributed by atoms with E-state index in [2.05, 4.69) is 38.1 Å². The summed E-state index contributed by atoms with van der Waals surface area (Å²) < 4.78 is 5.85. The lowest BCUT2D eigenvalue weighted by atomic mass is 9.98. The van der Waals surface area contributed by atoms with Crippen LogP contribution in [0, 0.1) is 5.92 Å². The van der Waals surface area contributed by atoms with Gasteiger partial charge in [0.2, 0.25) is 11.8 Å². The van der Waals surface area contributed by atoms with E-state index in [1.165, 1.54) is 18.4 Å². The molecule has 0 atom stereocenters. The number of hydrogen-bond acceptors (Lipinski definition) is 6. The molecule has 6 nitrogen and oxygen atoms in total. The summed E-state index contributed by atoms with van der Waals surface area (Å²) in [6, 6.07) is 4.01. The Bertz CT molecular complexity index is 676. The molecule has 3 heterocycles. The molecule has 0 aromatic carbocycles. The number of anilines is 1. The Morgan fingerprint density at radius 1 is 1.04 bits per heavy atom. The van der Waals surface area contributed by atoms with Gasteiger partial charge >= 0.3 is 0 Å². The van der Waals surface area contributed by atoms with Gasteiger partial charge in [-0.1, -0.05) is 6.92 Å². The van der Waals surface area contributed by atoms with Crippen LogP contribution in [0.25, 0.3) is 0 Å². The molecule has 25 heavy (non-hydrogen) atoms. The highest BCUT2D eigenvalue weighted by Gasteiger charge is 2.25. The second kappa shape index (κ2) is 7.33. The molecule has 0 spiro atoms. The Balaban J connectivity index is 1.24. The molecule has 1 saturated heterocycles. The van der Waals surface area contributed by atoms with E-state index in [0.717, 1.165) is 44.0 Å². The summed E-state index contributed by atoms with van der Waals surface area (Å²) in [7, 11) is 0. The predicted molar refractivity (Wildman–Crippen MR) is 95.8 cm³/mol. The van der Waals surface area contributed by atoms with Gasteiger partial charge in [-0.3, -0.25) is 0 Å². The lowest BCUT2D eigenvalue weighted by Crippen LogP contribution is -2.36. The van der Waals surface area contributed by atoms with Crippen molar-refractivity contribution in [2.75, 3.05) is 24.6 Å². The van der Waals surface area contributed by atoms with E-state index in [9.17, 15) is 0 Å². The standard InChI is InChI=1S/C19H25N5O/c1-2-14-11-20-19(21-12-14)24-9-7-15(8-10-24)13-25-18-6-5-17(22-23-18)16-3-4-16/h5-6,11-12,15-16H,2-4,7-10,13H2,1H3. The summed E-state index contributed by atoms with van der Waals surface area (Å²) in [4.78, 5) is 11.2. The number of nitrogens with zero attached hydrogens (tertiary/aromatic N) is 5. The first-order chi connectivity index (χ1) is 12.3. The molecule has 1 saturated carbocycles. The van der Waals surface area contributed by atoms with Gasteiger partial charge in [0.25, 0.3) is 0 Å². The fraction of sp³-hybridized carbons (Fsp3) is 0.579. The summed E-state index contributed by atoms with van der Waals surface area (Å²) in [6.07, 6.45) is 9.52. The Hall–Kier alpha value is -2.24. The number of piperidine rings is 1. The van der Waals surface area contributed by atoms with Gasteiger partial charge in [-0.05, 0) is 49.7 Å². The van der Waals surface area contributed by atoms with Crippen LogP contribution in [0.4, 0.5) is 5.95 Å². The van der Waals surface area contributed by atoms with E-state index < -0.39 is 0 Å². The van der Waals surface area contributed by atoms with Crippen LogP contribution in [-0.4, -0.2) is 39.9 Å². The van der Waals surface area contributed by atoms with Crippen LogP contribution >= 0.6 is 0 Å². The minimum Gasteiger partial charge on any atom is -0.476 e. The Morgan fingerprint density at radius 3 is 2.40 bits per heavy atom. The van der Waals surface area contributed by atoms with Crippen molar-refractivity contribution in [2.45, 2.75) is 44.9 Å². The third-order valence-corrected chi connectivity index (χ3v) is 5.12. The topological polar surface area (TPSA) is 64.0 Å². The predicted octanol–water partition coefficient (Wildman–Crippen LogP) is 3.00. The van der Waals surface area contributed by atoms with Gasteiger partial charge in [-0.15, -0.1) is 5.10 Å². The van der Waals surface area contributed by atoms with Crippen LogP contribution in [-0.2, 0) is 6.42 Å². The van der Waals surface area contributed by atoms with Gasteiger partial charge in [-0.2, -0.15) is 5.10 Å². The van der Waals surface area contributed by atoms with Crippen molar-refractivity contribution in [2.24, 2.45) is 5.92 Å². The van der Waals surface area contributed by atoms with E-state index in [1.807, 2.05) is 18.5 Å². The van der Waals surface area contributed by atoms with E-state index in [0.29, 0.717) is 24.3 Å². The van der Waals surface area contributed by atoms with Gasteiger partial charge in [0.05, 0.1) is 12.3 Å². The minimum absolute atomic E-state index is 0.552. The highest BCUT2D eigenvalue weighted by Crippen LogP contribution is 2.38. The van der Waals surface area contributed by atoms with E-state index in [-0.39, 0.29) is 0 Å². The molecule has 0 bridgehead atoms. The highest BCUT2D eigenvalue weighted by atomic mass is 16.5. The quantitative estimate of drug-likeness (QED) is 0.806. The summed E-state index contributed by atoms with van der Waals surface area (Å²) >= 11 is 0. The first kappa shape index (κ1) is 16.2. The lowest BCUT2D eigenvalue weighted by molar-refractivity contribution is 0.213. The first-order valence-electron chi connectivity index (χ1n) is 9.34. The second-order valence-corrected chi connectivity index (χ2v) is 7.06. The fourth-order valence-electron chi connectivity index (χ4n) is 3.20. The zero-order valence-electron chi connectivity index (χ0n) is 14.8. The molecule has 2 aliphatic rings. The molecule has 4 rings (SSSR count). The van der Waals surface area contributed by atoms with Gasteiger partial charge < -0.3 is 9.64 Å². The number of ether oxygens (including phenoxy) is 1. The van der Waals surface area contributed by atoms with Crippen molar-refractivity contribution in [1.82, 2.24) is 20.2 Å². The third kappa shape index (κ3) is 4.06. The molecule has 2 aromatic heterocycles. The van der Waals surface area contributed by atoms with Crippen LogP contribution in [0.3, 0.4) is 0 Å². The van der Waals surface area contributed by atoms with Crippen LogP contribution in [0.5, 0.6) is 5.88 Å². The maximum Gasteiger partial charge on any atom is 0.233 e. The minimum atomic E-state index is 0.552. The number of aryl methyl sites for hydroxylation is 1. The van der Waals surface area contributed by atoms with Gasteiger partial charge in [0.15, 0.2) is 0 Å². The van der Waals surface area contributed by atoms with E-state index in [4.69, 9.17) is 4.74 Å². The molecule has 0 amide bonds. The summed E-state index contributed by atoms with van der Waals surface area (Å²) in [5, 5.41) is 8.47. The summed E-state index contributed by atoms with van der Waals surface area (Å²) in [6.45, 7) is 4.78. The van der Waals surface area contributed by atoms with E-state index in [1.54, 1.807) is 0 Å². The molecule has 1 aliphatic carbocycles. The lowest BCUT2D eigenvalue weighted by Gasteiger charge is -2.31. The molecule has 1 aliphatic heterocycles. The molecule has 0 unspecified atom stereocenters. The van der Waals surface area contributed by atoms with Crippen LogP contribution in [0.15, 0.2) is 24.5 Å². The Kier molecular flexibility index (Phi) is 4.76. The van der Waals surface area contributed by atoms with Gasteiger partial charge in [-0.25, -0.2) is 9.97 Å². The maximum atomic E-state index is 5.85. The molecular weight excluding hydrogens is 314 g/mol. The molecule has 2 fully saturated rings. The largest absolute Gasteiger partial charge is 0.476 e. The Labute approximate surface area is 148 Å². The maximum absolute atomic E-state index is 5.85. The molecular formula is C19H25N5O. The number of hydrogen-bond donors (Lipinski definition) is 0.